The van der Waals surface area contributed by atoms with Gasteiger partial charge in [-0.3, -0.25) is 5.32 Å². The van der Waals surface area contributed by atoms with Gasteiger partial charge < -0.3 is 15.2 Å². The van der Waals surface area contributed by atoms with Gasteiger partial charge in [-0.05, 0) is 56.2 Å². The number of hydrogen-bond donors (Lipinski definition) is 3. The number of benzene rings is 1. The van der Waals surface area contributed by atoms with E-state index in [2.05, 4.69) is 34.9 Å². The summed E-state index contributed by atoms with van der Waals surface area (Å²) in [5.41, 5.74) is 2.24. The minimum absolute atomic E-state index is 0.0673. The quantitative estimate of drug-likeness (QED) is 0.762. The minimum atomic E-state index is -0.520. The molecule has 1 unspecified atom stereocenters. The predicted molar refractivity (Wildman–Crippen MR) is 107 cm³/mol. The summed E-state index contributed by atoms with van der Waals surface area (Å²) >= 11 is 0. The fourth-order valence-electron chi connectivity index (χ4n) is 6.18. The van der Waals surface area contributed by atoms with E-state index >= 15 is 0 Å². The van der Waals surface area contributed by atoms with Crippen LogP contribution in [0.15, 0.2) is 24.3 Å². The molecule has 1 saturated carbocycles. The summed E-state index contributed by atoms with van der Waals surface area (Å²) in [6, 6.07) is 9.47. The van der Waals surface area contributed by atoms with Gasteiger partial charge in [-0.25, -0.2) is 0 Å². The van der Waals surface area contributed by atoms with Crippen molar-refractivity contribution in [1.82, 2.24) is 10.6 Å². The monoisotopic (exact) mass is 370 g/mol. The Morgan fingerprint density at radius 2 is 1.63 bits per heavy atom. The molecule has 0 bridgehead atoms. The van der Waals surface area contributed by atoms with Gasteiger partial charge in [-0.1, -0.05) is 43.5 Å². The first-order valence-corrected chi connectivity index (χ1v) is 11.1. The first-order chi connectivity index (χ1) is 13.2. The predicted octanol–water partition coefficient (Wildman–Crippen LogP) is 3.07. The third-order valence-electron chi connectivity index (χ3n) is 7.64. The highest BCUT2D eigenvalue weighted by Crippen LogP contribution is 2.41. The highest BCUT2D eigenvalue weighted by atomic mass is 16.5. The van der Waals surface area contributed by atoms with Gasteiger partial charge in [0.05, 0.1) is 11.2 Å². The van der Waals surface area contributed by atoms with Crippen molar-refractivity contribution in [3.63, 3.8) is 0 Å². The summed E-state index contributed by atoms with van der Waals surface area (Å²) in [5, 5.41) is 18.6. The van der Waals surface area contributed by atoms with Crippen LogP contribution in [0.25, 0.3) is 0 Å². The fraction of sp³-hybridized carbons (Fsp3) is 0.739. The van der Waals surface area contributed by atoms with Crippen molar-refractivity contribution in [3.05, 3.63) is 35.4 Å². The maximum Gasteiger partial charge on any atom is 0.109 e. The van der Waals surface area contributed by atoms with Gasteiger partial charge in [0.2, 0.25) is 0 Å². The fourth-order valence-corrected chi connectivity index (χ4v) is 6.18. The summed E-state index contributed by atoms with van der Waals surface area (Å²) in [6.45, 7) is 1.10. The zero-order valence-electron chi connectivity index (χ0n) is 16.4. The van der Waals surface area contributed by atoms with Crippen molar-refractivity contribution >= 4 is 0 Å². The lowest BCUT2D eigenvalue weighted by Crippen LogP contribution is -2.56. The van der Waals surface area contributed by atoms with E-state index in [4.69, 9.17) is 4.74 Å². The molecule has 148 valence electrons. The Balaban J connectivity index is 1.31. The lowest BCUT2D eigenvalue weighted by atomic mass is 9.79. The zero-order chi connectivity index (χ0) is 18.3. The number of fused-ring (bicyclic) bond motifs is 1. The molecule has 1 aromatic carbocycles. The van der Waals surface area contributed by atoms with E-state index in [-0.39, 0.29) is 17.9 Å². The molecular formula is C23H34N2O2. The molecule has 3 fully saturated rings. The van der Waals surface area contributed by atoms with Gasteiger partial charge in [0.1, 0.15) is 6.23 Å². The van der Waals surface area contributed by atoms with Crippen LogP contribution in [-0.4, -0.2) is 41.2 Å². The van der Waals surface area contributed by atoms with E-state index in [0.717, 1.165) is 57.9 Å². The Kier molecular flexibility index (Phi) is 4.79. The minimum Gasteiger partial charge on any atom is -0.388 e. The molecule has 1 aromatic rings. The molecule has 27 heavy (non-hydrogen) atoms. The van der Waals surface area contributed by atoms with Crippen LogP contribution in [0.5, 0.6) is 0 Å². The number of nitrogens with one attached hydrogen (secondary N) is 2. The van der Waals surface area contributed by atoms with Gasteiger partial charge in [0.25, 0.3) is 0 Å². The first-order valence-electron chi connectivity index (χ1n) is 11.1. The van der Waals surface area contributed by atoms with Crippen LogP contribution >= 0.6 is 0 Å². The molecule has 3 atom stereocenters. The Morgan fingerprint density at radius 1 is 0.889 bits per heavy atom. The van der Waals surface area contributed by atoms with Gasteiger partial charge in [-0.2, -0.15) is 0 Å². The molecule has 2 heterocycles. The second-order valence-electron chi connectivity index (χ2n) is 9.40. The molecule has 0 spiro atoms. The third kappa shape index (κ3) is 3.35. The average Bonchev–Trinajstić information content (AvgIpc) is 3.42. The molecular weight excluding hydrogens is 336 g/mol. The molecule has 4 heteroatoms. The SMILES string of the molecule is OC1([C@@H]2CCC(OC3([C@@H]4CCCN4)Cc4ccccc4C3)N2)CCCCC1. The Morgan fingerprint density at radius 3 is 2.30 bits per heavy atom. The molecule has 2 aliphatic carbocycles. The summed E-state index contributed by atoms with van der Waals surface area (Å²) in [4.78, 5) is 0. The molecule has 4 aliphatic rings. The number of aliphatic hydroxyl groups is 1. The number of hydrogen-bond acceptors (Lipinski definition) is 4. The van der Waals surface area contributed by atoms with Crippen molar-refractivity contribution in [3.8, 4) is 0 Å². The van der Waals surface area contributed by atoms with Crippen molar-refractivity contribution in [2.75, 3.05) is 6.54 Å². The topological polar surface area (TPSA) is 53.5 Å². The molecule has 0 amide bonds. The van der Waals surface area contributed by atoms with Crippen LogP contribution in [0.2, 0.25) is 0 Å². The summed E-state index contributed by atoms with van der Waals surface area (Å²) in [5.74, 6) is 0. The highest BCUT2D eigenvalue weighted by Gasteiger charge is 2.49. The van der Waals surface area contributed by atoms with Gasteiger partial charge in [-0.15, -0.1) is 0 Å². The maximum atomic E-state index is 11.1. The normalized spacial score (nSPS) is 34.6. The van der Waals surface area contributed by atoms with Crippen molar-refractivity contribution in [2.45, 2.75) is 100 Å². The zero-order valence-corrected chi connectivity index (χ0v) is 16.4. The van der Waals surface area contributed by atoms with Crippen LogP contribution < -0.4 is 10.6 Å². The molecule has 5 rings (SSSR count). The lowest BCUT2D eigenvalue weighted by molar-refractivity contribution is -0.118. The van der Waals surface area contributed by atoms with Crippen LogP contribution in [0, 0.1) is 0 Å². The Bertz CT molecular complexity index is 639. The van der Waals surface area contributed by atoms with E-state index in [1.807, 2.05) is 0 Å². The van der Waals surface area contributed by atoms with E-state index in [1.54, 1.807) is 0 Å². The van der Waals surface area contributed by atoms with E-state index < -0.39 is 5.60 Å². The highest BCUT2D eigenvalue weighted by molar-refractivity contribution is 5.36. The molecule has 4 nitrogen and oxygen atoms in total. The summed E-state index contributed by atoms with van der Waals surface area (Å²) < 4.78 is 6.91. The number of rotatable bonds is 4. The summed E-state index contributed by atoms with van der Waals surface area (Å²) in [6.07, 6.45) is 12.0. The van der Waals surface area contributed by atoms with Gasteiger partial charge in [0, 0.05) is 24.9 Å². The third-order valence-corrected chi connectivity index (χ3v) is 7.64. The number of ether oxygens (including phenoxy) is 1. The first kappa shape index (κ1) is 18.1. The van der Waals surface area contributed by atoms with Crippen molar-refractivity contribution in [1.29, 1.82) is 0 Å². The van der Waals surface area contributed by atoms with Gasteiger partial charge in [0.15, 0.2) is 0 Å². The Hall–Kier alpha value is -0.940. The van der Waals surface area contributed by atoms with Crippen LogP contribution in [0.1, 0.15) is 68.9 Å². The molecule has 3 N–H and O–H groups in total. The lowest BCUT2D eigenvalue weighted by Gasteiger charge is -2.40. The molecule has 2 saturated heterocycles. The van der Waals surface area contributed by atoms with Crippen molar-refractivity contribution < 1.29 is 9.84 Å². The van der Waals surface area contributed by atoms with Crippen LogP contribution in [0.4, 0.5) is 0 Å². The van der Waals surface area contributed by atoms with Crippen LogP contribution in [-0.2, 0) is 17.6 Å². The standard InChI is InChI=1S/C23H34N2O2/c26-22(12-4-1-5-13-22)19-10-11-21(25-19)27-23(20-9-6-14-24-20)15-17-7-2-3-8-18(17)16-23/h2-3,7-8,19-21,24-26H,1,4-6,9-16H2/t19-,20-,21?/m0/s1. The van der Waals surface area contributed by atoms with Crippen LogP contribution in [0.3, 0.4) is 0 Å². The maximum absolute atomic E-state index is 11.1. The van der Waals surface area contributed by atoms with E-state index in [9.17, 15) is 5.11 Å². The van der Waals surface area contributed by atoms with E-state index in [0.29, 0.717) is 6.04 Å². The second kappa shape index (κ2) is 7.14. The largest absolute Gasteiger partial charge is 0.388 e. The Labute approximate surface area is 163 Å². The van der Waals surface area contributed by atoms with Crippen molar-refractivity contribution in [2.24, 2.45) is 0 Å². The van der Waals surface area contributed by atoms with E-state index in [1.165, 1.54) is 30.4 Å². The second-order valence-corrected chi connectivity index (χ2v) is 9.40. The molecule has 0 radical (unpaired) electrons. The average molecular weight is 371 g/mol. The smallest absolute Gasteiger partial charge is 0.109 e. The molecule has 2 aliphatic heterocycles. The molecule has 0 aromatic heterocycles. The summed E-state index contributed by atoms with van der Waals surface area (Å²) in [7, 11) is 0. The van der Waals surface area contributed by atoms with Gasteiger partial charge >= 0.3 is 0 Å².